The van der Waals surface area contributed by atoms with Crippen LogP contribution in [0.15, 0.2) is 0 Å². The van der Waals surface area contributed by atoms with Crippen molar-refractivity contribution in [3.8, 4) is 0 Å². The molecule has 0 aliphatic rings. The Morgan fingerprint density at radius 3 is 1.07 bits per heavy atom. The molecule has 0 fully saturated rings. The Bertz CT molecular complexity index is 340. The monoisotopic (exact) mass is 430 g/mol. The van der Waals surface area contributed by atoms with E-state index in [1.165, 1.54) is 89.9 Å². The lowest BCUT2D eigenvalue weighted by molar-refractivity contribution is -0.136. The molecule has 172 valence electrons. The number of unbranched alkanes of at least 4 members (excludes halogenated alkanes) is 16. The molecular weight excluding hydrogens is 384 g/mol. The van der Waals surface area contributed by atoms with Gasteiger partial charge in [-0.15, -0.1) is 0 Å². The Morgan fingerprint density at radius 2 is 0.759 bits per heavy atom. The van der Waals surface area contributed by atoms with Gasteiger partial charge < -0.3 is 8.37 Å². The van der Waals surface area contributed by atoms with E-state index in [-0.39, 0.29) is 11.9 Å². The van der Waals surface area contributed by atoms with Crippen molar-refractivity contribution in [2.75, 3.05) is 0 Å². The summed E-state index contributed by atoms with van der Waals surface area (Å²) in [6, 6.07) is 0. The smallest absolute Gasteiger partial charge is 0.320 e. The van der Waals surface area contributed by atoms with Gasteiger partial charge in [0.1, 0.15) is 0 Å². The van der Waals surface area contributed by atoms with Crippen molar-refractivity contribution in [3.05, 3.63) is 0 Å². The Labute approximate surface area is 184 Å². The van der Waals surface area contributed by atoms with E-state index in [9.17, 15) is 9.59 Å². The lowest BCUT2D eigenvalue weighted by Gasteiger charge is -2.04. The van der Waals surface area contributed by atoms with Crippen molar-refractivity contribution in [2.24, 2.45) is 0 Å². The molecule has 0 aromatic heterocycles. The maximum absolute atomic E-state index is 11.6. The average molecular weight is 431 g/mol. The summed E-state index contributed by atoms with van der Waals surface area (Å²) in [6.45, 7) is 4.46. The van der Waals surface area contributed by atoms with Gasteiger partial charge in [-0.05, 0) is 12.8 Å². The predicted octanol–water partition coefficient (Wildman–Crippen LogP) is 8.48. The topological polar surface area (TPSA) is 52.6 Å². The first-order valence-corrected chi connectivity index (χ1v) is 12.9. The first kappa shape index (κ1) is 28.3. The maximum atomic E-state index is 11.6. The van der Waals surface area contributed by atoms with Gasteiger partial charge in [0.15, 0.2) is 0 Å². The van der Waals surface area contributed by atoms with Crippen LogP contribution in [0.25, 0.3) is 0 Å². The number of hydrogen-bond acceptors (Lipinski definition) is 5. The van der Waals surface area contributed by atoms with Gasteiger partial charge in [-0.3, -0.25) is 9.59 Å². The van der Waals surface area contributed by atoms with Crippen LogP contribution in [-0.4, -0.2) is 11.9 Å². The van der Waals surface area contributed by atoms with Crippen LogP contribution in [0.2, 0.25) is 0 Å². The largest absolute Gasteiger partial charge is 0.355 e. The highest BCUT2D eigenvalue weighted by atomic mass is 32.2. The SMILES string of the molecule is CCCCCCCCCCCC(=O)OSOC(=O)CCCCCCCCCCC. The Balaban J connectivity index is 3.31. The van der Waals surface area contributed by atoms with E-state index in [0.717, 1.165) is 25.7 Å². The van der Waals surface area contributed by atoms with E-state index in [4.69, 9.17) is 8.37 Å². The second-order valence-corrected chi connectivity index (χ2v) is 8.60. The summed E-state index contributed by atoms with van der Waals surface area (Å²) in [5.41, 5.74) is 0. The molecule has 0 saturated carbocycles. The third kappa shape index (κ3) is 23.4. The third-order valence-corrected chi connectivity index (χ3v) is 5.73. The normalized spacial score (nSPS) is 10.8. The van der Waals surface area contributed by atoms with Gasteiger partial charge in [0, 0.05) is 12.8 Å². The van der Waals surface area contributed by atoms with Crippen LogP contribution in [0.4, 0.5) is 0 Å². The van der Waals surface area contributed by atoms with E-state index in [0.29, 0.717) is 25.2 Å². The summed E-state index contributed by atoms with van der Waals surface area (Å²) in [5, 5.41) is 0. The molecule has 0 spiro atoms. The summed E-state index contributed by atoms with van der Waals surface area (Å²) in [6.07, 6.45) is 22.7. The van der Waals surface area contributed by atoms with Crippen LogP contribution in [0, 0.1) is 0 Å². The summed E-state index contributed by atoms with van der Waals surface area (Å²) in [7, 11) is 0. The molecule has 0 rings (SSSR count). The average Bonchev–Trinajstić information content (AvgIpc) is 2.71. The van der Waals surface area contributed by atoms with Crippen molar-refractivity contribution < 1.29 is 18.0 Å². The zero-order valence-electron chi connectivity index (χ0n) is 19.2. The lowest BCUT2D eigenvalue weighted by atomic mass is 10.1. The molecule has 0 aromatic carbocycles. The molecule has 29 heavy (non-hydrogen) atoms. The van der Waals surface area contributed by atoms with Gasteiger partial charge in [-0.25, -0.2) is 0 Å². The van der Waals surface area contributed by atoms with E-state index in [1.807, 2.05) is 0 Å². The fraction of sp³-hybridized carbons (Fsp3) is 0.917. The van der Waals surface area contributed by atoms with Gasteiger partial charge >= 0.3 is 11.9 Å². The molecule has 0 N–H and O–H groups in total. The summed E-state index contributed by atoms with van der Waals surface area (Å²) < 4.78 is 9.82. The van der Waals surface area contributed by atoms with Crippen molar-refractivity contribution >= 4 is 24.3 Å². The third-order valence-electron chi connectivity index (χ3n) is 5.22. The van der Waals surface area contributed by atoms with Gasteiger partial charge in [0.25, 0.3) is 12.3 Å². The first-order valence-electron chi connectivity index (χ1n) is 12.3. The van der Waals surface area contributed by atoms with E-state index < -0.39 is 0 Å². The van der Waals surface area contributed by atoms with E-state index >= 15 is 0 Å². The highest BCUT2D eigenvalue weighted by molar-refractivity contribution is 7.90. The van der Waals surface area contributed by atoms with Crippen LogP contribution in [0.5, 0.6) is 0 Å². The molecule has 0 aliphatic heterocycles. The second kappa shape index (κ2) is 23.6. The molecule has 4 nitrogen and oxygen atoms in total. The minimum absolute atomic E-state index is 0.297. The lowest BCUT2D eigenvalue weighted by Crippen LogP contribution is -2.03. The molecule has 0 bridgehead atoms. The van der Waals surface area contributed by atoms with Crippen molar-refractivity contribution in [3.63, 3.8) is 0 Å². The second-order valence-electron chi connectivity index (χ2n) is 8.14. The fourth-order valence-electron chi connectivity index (χ4n) is 3.34. The van der Waals surface area contributed by atoms with Gasteiger partial charge in [-0.1, -0.05) is 117 Å². The van der Waals surface area contributed by atoms with Crippen LogP contribution >= 0.6 is 12.3 Å². The minimum atomic E-state index is -0.297. The highest BCUT2D eigenvalue weighted by Crippen LogP contribution is 2.15. The molecule has 0 amide bonds. The molecule has 0 aliphatic carbocycles. The molecule has 0 heterocycles. The molecule has 0 aromatic rings. The maximum Gasteiger partial charge on any atom is 0.320 e. The quantitative estimate of drug-likeness (QED) is 0.127. The van der Waals surface area contributed by atoms with E-state index in [2.05, 4.69) is 13.8 Å². The van der Waals surface area contributed by atoms with Gasteiger partial charge in [0.2, 0.25) is 0 Å². The van der Waals surface area contributed by atoms with Crippen LogP contribution in [0.1, 0.15) is 142 Å². The molecule has 0 radical (unpaired) electrons. The Kier molecular flexibility index (Phi) is 23.0. The van der Waals surface area contributed by atoms with Gasteiger partial charge in [0.05, 0.1) is 0 Å². The summed E-state index contributed by atoms with van der Waals surface area (Å²) in [4.78, 5) is 23.2. The Morgan fingerprint density at radius 1 is 0.483 bits per heavy atom. The molecule has 0 unspecified atom stereocenters. The Hall–Kier alpha value is -0.710. The minimum Gasteiger partial charge on any atom is -0.355 e. The summed E-state index contributed by atoms with van der Waals surface area (Å²) >= 11 is 0.529. The van der Waals surface area contributed by atoms with Crippen molar-refractivity contribution in [1.29, 1.82) is 0 Å². The zero-order valence-corrected chi connectivity index (χ0v) is 20.0. The number of carbonyl (C=O) groups excluding carboxylic acids is 2. The number of rotatable bonds is 22. The number of carbonyl (C=O) groups is 2. The van der Waals surface area contributed by atoms with E-state index in [1.54, 1.807) is 0 Å². The molecular formula is C24H46O4S. The number of hydrogen-bond donors (Lipinski definition) is 0. The standard InChI is InChI=1S/C24H46O4S/c1-3-5-7-9-11-13-15-17-19-21-23(25)27-29-28-24(26)22-20-18-16-14-12-10-8-6-4-2/h3-22H2,1-2H3. The highest BCUT2D eigenvalue weighted by Gasteiger charge is 2.08. The molecule has 0 atom stereocenters. The van der Waals surface area contributed by atoms with Gasteiger partial charge in [-0.2, -0.15) is 0 Å². The van der Waals surface area contributed by atoms with Crippen LogP contribution in [0.3, 0.4) is 0 Å². The summed E-state index contributed by atoms with van der Waals surface area (Å²) in [5.74, 6) is -0.595. The fourth-order valence-corrected chi connectivity index (χ4v) is 3.69. The predicted molar refractivity (Wildman–Crippen MR) is 123 cm³/mol. The van der Waals surface area contributed by atoms with Crippen LogP contribution < -0.4 is 0 Å². The molecule has 5 heteroatoms. The first-order chi connectivity index (χ1) is 14.2. The van der Waals surface area contributed by atoms with Crippen LogP contribution in [-0.2, 0) is 18.0 Å². The molecule has 0 saturated heterocycles. The zero-order chi connectivity index (χ0) is 21.4. The van der Waals surface area contributed by atoms with Crippen molar-refractivity contribution in [1.82, 2.24) is 0 Å². The van der Waals surface area contributed by atoms with Crippen molar-refractivity contribution in [2.45, 2.75) is 142 Å².